The standard InChI is InChI=1S/C25H27N3O2S/c1-17-11-13-28(14-12-17)21-9-7-20(8-10-21)26-25(31)27-24(29)22-15-18-5-3-4-6-19(18)16-23(22)30-2/h3-10,15-17H,11-14H2,1-2H3,(H2,26,27,29,31). The first-order valence-corrected chi connectivity index (χ1v) is 11.0. The first kappa shape index (κ1) is 21.1. The van der Waals surface area contributed by atoms with Crippen molar-refractivity contribution in [3.63, 3.8) is 0 Å². The van der Waals surface area contributed by atoms with Gasteiger partial charge in [-0.15, -0.1) is 0 Å². The van der Waals surface area contributed by atoms with Crippen molar-refractivity contribution >= 4 is 45.4 Å². The molecule has 1 aliphatic heterocycles. The van der Waals surface area contributed by atoms with Gasteiger partial charge in [0.2, 0.25) is 0 Å². The lowest BCUT2D eigenvalue weighted by molar-refractivity contribution is 0.0975. The van der Waals surface area contributed by atoms with Crippen LogP contribution in [0.3, 0.4) is 0 Å². The molecule has 0 aromatic heterocycles. The van der Waals surface area contributed by atoms with E-state index in [9.17, 15) is 4.79 Å². The lowest BCUT2D eigenvalue weighted by Gasteiger charge is -2.32. The number of amides is 1. The predicted molar refractivity (Wildman–Crippen MR) is 131 cm³/mol. The number of hydrogen-bond donors (Lipinski definition) is 2. The van der Waals surface area contributed by atoms with Crippen LogP contribution in [0.25, 0.3) is 10.8 Å². The molecule has 160 valence electrons. The number of carbonyl (C=O) groups excluding carboxylic acids is 1. The number of benzene rings is 3. The Kier molecular flexibility index (Phi) is 6.37. The third-order valence-corrected chi connectivity index (χ3v) is 6.02. The average molecular weight is 434 g/mol. The van der Waals surface area contributed by atoms with Crippen LogP contribution < -0.4 is 20.3 Å². The Balaban J connectivity index is 1.40. The van der Waals surface area contributed by atoms with Crippen LogP contribution in [0.5, 0.6) is 5.75 Å². The van der Waals surface area contributed by atoms with Crippen molar-refractivity contribution in [2.45, 2.75) is 19.8 Å². The van der Waals surface area contributed by atoms with Gasteiger partial charge in [-0.25, -0.2) is 0 Å². The van der Waals surface area contributed by atoms with Crippen molar-refractivity contribution in [3.05, 3.63) is 66.2 Å². The first-order chi connectivity index (χ1) is 15.0. The van der Waals surface area contributed by atoms with Crippen molar-refractivity contribution in [2.75, 3.05) is 30.4 Å². The van der Waals surface area contributed by atoms with Crippen molar-refractivity contribution in [2.24, 2.45) is 5.92 Å². The highest BCUT2D eigenvalue weighted by Crippen LogP contribution is 2.26. The number of thiocarbonyl (C=S) groups is 1. The van der Waals surface area contributed by atoms with Crippen molar-refractivity contribution in [1.29, 1.82) is 0 Å². The molecule has 1 aliphatic rings. The summed E-state index contributed by atoms with van der Waals surface area (Å²) in [6.07, 6.45) is 2.46. The lowest BCUT2D eigenvalue weighted by Crippen LogP contribution is -2.34. The molecule has 0 aliphatic carbocycles. The minimum Gasteiger partial charge on any atom is -0.496 e. The van der Waals surface area contributed by atoms with E-state index in [4.69, 9.17) is 17.0 Å². The molecule has 6 heteroatoms. The van der Waals surface area contributed by atoms with E-state index in [2.05, 4.69) is 34.6 Å². The van der Waals surface area contributed by atoms with Gasteiger partial charge in [0.1, 0.15) is 5.75 Å². The van der Waals surface area contributed by atoms with Crippen LogP contribution in [-0.4, -0.2) is 31.2 Å². The Labute approximate surface area is 188 Å². The highest BCUT2D eigenvalue weighted by Gasteiger charge is 2.17. The normalized spacial score (nSPS) is 14.3. The molecule has 0 bridgehead atoms. The largest absolute Gasteiger partial charge is 0.496 e. The zero-order valence-corrected chi connectivity index (χ0v) is 18.7. The fourth-order valence-corrected chi connectivity index (χ4v) is 4.13. The first-order valence-electron chi connectivity index (χ1n) is 10.6. The summed E-state index contributed by atoms with van der Waals surface area (Å²) in [7, 11) is 1.56. The molecule has 1 amide bonds. The van der Waals surface area contributed by atoms with Crippen LogP contribution in [0, 0.1) is 5.92 Å². The second-order valence-electron chi connectivity index (χ2n) is 8.02. The van der Waals surface area contributed by atoms with Crippen molar-refractivity contribution in [1.82, 2.24) is 5.32 Å². The molecule has 0 unspecified atom stereocenters. The molecule has 1 heterocycles. The molecule has 4 rings (SSSR count). The summed E-state index contributed by atoms with van der Waals surface area (Å²) in [5, 5.41) is 8.08. The van der Waals surface area contributed by atoms with Gasteiger partial charge in [0, 0.05) is 24.5 Å². The summed E-state index contributed by atoms with van der Waals surface area (Å²) < 4.78 is 5.42. The van der Waals surface area contributed by atoms with E-state index in [1.807, 2.05) is 48.5 Å². The molecular weight excluding hydrogens is 406 g/mol. The maximum Gasteiger partial charge on any atom is 0.261 e. The number of fused-ring (bicyclic) bond motifs is 1. The minimum absolute atomic E-state index is 0.250. The highest BCUT2D eigenvalue weighted by molar-refractivity contribution is 7.80. The van der Waals surface area contributed by atoms with Gasteiger partial charge >= 0.3 is 0 Å². The zero-order chi connectivity index (χ0) is 21.8. The molecule has 0 spiro atoms. The van der Waals surface area contributed by atoms with Gasteiger partial charge in [0.05, 0.1) is 12.7 Å². The predicted octanol–water partition coefficient (Wildman–Crippen LogP) is 5.21. The fraction of sp³-hybridized carbons (Fsp3) is 0.280. The van der Waals surface area contributed by atoms with Gasteiger partial charge in [-0.3, -0.25) is 10.1 Å². The smallest absolute Gasteiger partial charge is 0.261 e. The van der Waals surface area contributed by atoms with Crippen LogP contribution >= 0.6 is 12.2 Å². The number of rotatable bonds is 4. The summed E-state index contributed by atoms with van der Waals surface area (Å²) in [6.45, 7) is 4.50. The third-order valence-electron chi connectivity index (χ3n) is 5.81. The average Bonchev–Trinajstić information content (AvgIpc) is 2.79. The second kappa shape index (κ2) is 9.35. The molecule has 3 aromatic rings. The van der Waals surface area contributed by atoms with Crippen LogP contribution in [-0.2, 0) is 0 Å². The number of piperidine rings is 1. The van der Waals surface area contributed by atoms with Crippen molar-refractivity contribution in [3.8, 4) is 5.75 Å². The van der Waals surface area contributed by atoms with E-state index in [0.29, 0.717) is 11.3 Å². The van der Waals surface area contributed by atoms with Crippen LogP contribution in [0.2, 0.25) is 0 Å². The van der Waals surface area contributed by atoms with Crippen LogP contribution in [0.15, 0.2) is 60.7 Å². The number of methoxy groups -OCH3 is 1. The Morgan fingerprint density at radius 2 is 1.68 bits per heavy atom. The number of anilines is 2. The van der Waals surface area contributed by atoms with Gasteiger partial charge in [-0.1, -0.05) is 31.2 Å². The molecule has 1 saturated heterocycles. The van der Waals surface area contributed by atoms with E-state index >= 15 is 0 Å². The molecule has 5 nitrogen and oxygen atoms in total. The molecule has 1 fully saturated rings. The number of nitrogens with zero attached hydrogens (tertiary/aromatic N) is 1. The Morgan fingerprint density at radius 3 is 2.32 bits per heavy atom. The fourth-order valence-electron chi connectivity index (χ4n) is 3.92. The van der Waals surface area contributed by atoms with Crippen LogP contribution in [0.4, 0.5) is 11.4 Å². The number of carbonyl (C=O) groups is 1. The topological polar surface area (TPSA) is 53.6 Å². The molecule has 2 N–H and O–H groups in total. The molecular formula is C25H27N3O2S. The summed E-state index contributed by atoms with van der Waals surface area (Å²) in [5.74, 6) is 1.01. The maximum absolute atomic E-state index is 12.8. The van der Waals surface area contributed by atoms with E-state index in [-0.39, 0.29) is 11.0 Å². The maximum atomic E-state index is 12.8. The number of ether oxygens (including phenoxy) is 1. The van der Waals surface area contributed by atoms with E-state index in [1.54, 1.807) is 7.11 Å². The molecule has 0 atom stereocenters. The van der Waals surface area contributed by atoms with E-state index in [0.717, 1.165) is 35.5 Å². The van der Waals surface area contributed by atoms with Gasteiger partial charge in [0.15, 0.2) is 5.11 Å². The third kappa shape index (κ3) is 4.97. The van der Waals surface area contributed by atoms with E-state index < -0.39 is 0 Å². The van der Waals surface area contributed by atoms with Gasteiger partial charge in [-0.05, 0) is 78.1 Å². The second-order valence-corrected chi connectivity index (χ2v) is 8.43. The Bertz CT molecular complexity index is 1090. The van der Waals surface area contributed by atoms with Gasteiger partial charge in [-0.2, -0.15) is 0 Å². The summed E-state index contributed by atoms with van der Waals surface area (Å²) in [5.41, 5.74) is 2.50. The zero-order valence-electron chi connectivity index (χ0n) is 17.9. The summed E-state index contributed by atoms with van der Waals surface area (Å²) in [4.78, 5) is 15.2. The molecule has 3 aromatic carbocycles. The van der Waals surface area contributed by atoms with Crippen LogP contribution in [0.1, 0.15) is 30.1 Å². The lowest BCUT2D eigenvalue weighted by atomic mass is 9.99. The SMILES string of the molecule is COc1cc2ccccc2cc1C(=O)NC(=S)Nc1ccc(N2CCC(C)CC2)cc1. The van der Waals surface area contributed by atoms with E-state index in [1.165, 1.54) is 18.5 Å². The van der Waals surface area contributed by atoms with Crippen molar-refractivity contribution < 1.29 is 9.53 Å². The Morgan fingerprint density at radius 1 is 1.03 bits per heavy atom. The number of nitrogens with one attached hydrogen (secondary N) is 2. The Hall–Kier alpha value is -3.12. The molecule has 0 saturated carbocycles. The van der Waals surface area contributed by atoms with Gasteiger partial charge in [0.25, 0.3) is 5.91 Å². The molecule has 31 heavy (non-hydrogen) atoms. The highest BCUT2D eigenvalue weighted by atomic mass is 32.1. The number of hydrogen-bond acceptors (Lipinski definition) is 4. The summed E-state index contributed by atoms with van der Waals surface area (Å²) >= 11 is 5.36. The van der Waals surface area contributed by atoms with Gasteiger partial charge < -0.3 is 15.0 Å². The molecule has 0 radical (unpaired) electrons. The minimum atomic E-state index is -0.306. The monoisotopic (exact) mass is 433 g/mol. The summed E-state index contributed by atoms with van der Waals surface area (Å²) in [6, 6.07) is 19.7. The quantitative estimate of drug-likeness (QED) is 0.553.